The Kier molecular flexibility index (Phi) is 9.74. The number of esters is 1. The Labute approximate surface area is 206 Å². The highest BCUT2D eigenvalue weighted by Crippen LogP contribution is 2.34. The summed E-state index contributed by atoms with van der Waals surface area (Å²) in [6, 6.07) is 10.5. The van der Waals surface area contributed by atoms with Crippen molar-refractivity contribution < 1.29 is 23.4 Å². The SMILES string of the molecule is CCOC(=O)C(Nc1ccc(C#N)cc1)c1cc(OCC)cc(O[C@H](C)CN2CCCCC2)c1F. The second-order valence-electron chi connectivity index (χ2n) is 8.57. The lowest BCUT2D eigenvalue weighted by Gasteiger charge is -2.29. The van der Waals surface area contributed by atoms with Gasteiger partial charge in [0.05, 0.1) is 24.8 Å². The van der Waals surface area contributed by atoms with Crippen LogP contribution in [0.2, 0.25) is 0 Å². The molecule has 1 N–H and O–H groups in total. The van der Waals surface area contributed by atoms with Crippen molar-refractivity contribution in [3.05, 3.63) is 53.3 Å². The highest BCUT2D eigenvalue weighted by atomic mass is 19.1. The molecular formula is C27H34FN3O4. The zero-order chi connectivity index (χ0) is 25.2. The van der Waals surface area contributed by atoms with Crippen LogP contribution in [0.3, 0.4) is 0 Å². The molecule has 1 aliphatic heterocycles. The normalized spacial score (nSPS) is 15.5. The predicted octanol–water partition coefficient (Wildman–Crippen LogP) is 5.07. The van der Waals surface area contributed by atoms with Gasteiger partial charge < -0.3 is 19.5 Å². The average molecular weight is 484 g/mol. The number of halogens is 1. The molecule has 2 atom stereocenters. The topological polar surface area (TPSA) is 83.8 Å². The lowest BCUT2D eigenvalue weighted by molar-refractivity contribution is -0.144. The molecule has 1 aliphatic rings. The predicted molar refractivity (Wildman–Crippen MR) is 132 cm³/mol. The summed E-state index contributed by atoms with van der Waals surface area (Å²) in [6.45, 7) is 8.69. The molecule has 7 nitrogen and oxygen atoms in total. The van der Waals surface area contributed by atoms with Crippen molar-refractivity contribution >= 4 is 11.7 Å². The van der Waals surface area contributed by atoms with E-state index < -0.39 is 17.8 Å². The van der Waals surface area contributed by atoms with Crippen LogP contribution in [0.1, 0.15) is 57.2 Å². The lowest BCUT2D eigenvalue weighted by Crippen LogP contribution is -2.37. The Morgan fingerprint density at radius 3 is 2.49 bits per heavy atom. The maximum absolute atomic E-state index is 15.8. The molecule has 1 saturated heterocycles. The minimum absolute atomic E-state index is 0.0337. The largest absolute Gasteiger partial charge is 0.494 e. The lowest BCUT2D eigenvalue weighted by atomic mass is 10.0. The average Bonchev–Trinajstić information content (AvgIpc) is 2.86. The van der Waals surface area contributed by atoms with Crippen LogP contribution in [-0.2, 0) is 9.53 Å². The third kappa shape index (κ3) is 7.33. The van der Waals surface area contributed by atoms with Gasteiger partial charge in [0, 0.05) is 23.9 Å². The van der Waals surface area contributed by atoms with E-state index >= 15 is 4.39 Å². The second-order valence-corrected chi connectivity index (χ2v) is 8.57. The zero-order valence-corrected chi connectivity index (χ0v) is 20.7. The molecule has 188 valence electrons. The number of rotatable bonds is 11. The van der Waals surface area contributed by atoms with Gasteiger partial charge in [-0.05, 0) is 77.0 Å². The molecular weight excluding hydrogens is 449 g/mol. The fourth-order valence-corrected chi connectivity index (χ4v) is 4.20. The van der Waals surface area contributed by atoms with Crippen molar-refractivity contribution in [2.45, 2.75) is 52.2 Å². The van der Waals surface area contributed by atoms with Crippen LogP contribution in [0.5, 0.6) is 11.5 Å². The standard InChI is InChI=1S/C27H34FN3O4/c1-4-33-22-15-23(25(28)24(16-22)35-19(3)18-31-13-7-6-8-14-31)26(27(32)34-5-2)30-21-11-9-20(17-29)10-12-21/h9-12,15-16,19,26,30H,4-8,13-14,18H2,1-3H3/t19-,26?/m1/s1. The Morgan fingerprint density at radius 1 is 1.14 bits per heavy atom. The number of nitrogens with one attached hydrogen (secondary N) is 1. The van der Waals surface area contributed by atoms with Gasteiger partial charge in [0.1, 0.15) is 11.9 Å². The smallest absolute Gasteiger partial charge is 0.333 e. The van der Waals surface area contributed by atoms with Crippen molar-refractivity contribution in [3.63, 3.8) is 0 Å². The van der Waals surface area contributed by atoms with Gasteiger partial charge in [-0.15, -0.1) is 0 Å². The Balaban J connectivity index is 1.91. The molecule has 0 bridgehead atoms. The van der Waals surface area contributed by atoms with Crippen LogP contribution in [-0.4, -0.2) is 49.8 Å². The number of nitrogens with zero attached hydrogens (tertiary/aromatic N) is 2. The molecule has 0 saturated carbocycles. The Hall–Kier alpha value is -3.31. The van der Waals surface area contributed by atoms with Gasteiger partial charge in [0.2, 0.25) is 0 Å². The van der Waals surface area contributed by atoms with E-state index in [0.29, 0.717) is 30.2 Å². The molecule has 0 spiro atoms. The van der Waals surface area contributed by atoms with Gasteiger partial charge in [0.15, 0.2) is 17.6 Å². The molecule has 1 unspecified atom stereocenters. The van der Waals surface area contributed by atoms with E-state index in [4.69, 9.17) is 19.5 Å². The van der Waals surface area contributed by atoms with Crippen LogP contribution in [0.25, 0.3) is 0 Å². The van der Waals surface area contributed by atoms with E-state index in [9.17, 15) is 4.79 Å². The monoisotopic (exact) mass is 483 g/mol. The van der Waals surface area contributed by atoms with Crippen molar-refractivity contribution in [2.24, 2.45) is 0 Å². The van der Waals surface area contributed by atoms with E-state index in [0.717, 1.165) is 25.9 Å². The first kappa shape index (κ1) is 26.3. The Bertz CT molecular complexity index is 1020. The fourth-order valence-electron chi connectivity index (χ4n) is 4.20. The molecule has 2 aromatic carbocycles. The van der Waals surface area contributed by atoms with Gasteiger partial charge >= 0.3 is 5.97 Å². The summed E-state index contributed by atoms with van der Waals surface area (Å²) in [5, 5.41) is 12.1. The molecule has 2 aromatic rings. The van der Waals surface area contributed by atoms with Crippen LogP contribution < -0.4 is 14.8 Å². The minimum Gasteiger partial charge on any atom is -0.494 e. The number of likely N-dealkylation sites (tertiary alicyclic amines) is 1. The number of carbonyl (C=O) groups excluding carboxylic acids is 1. The summed E-state index contributed by atoms with van der Waals surface area (Å²) in [4.78, 5) is 15.2. The molecule has 0 aromatic heterocycles. The molecule has 8 heteroatoms. The van der Waals surface area contributed by atoms with Crippen molar-refractivity contribution in [1.29, 1.82) is 5.26 Å². The summed E-state index contributed by atoms with van der Waals surface area (Å²) < 4.78 is 32.8. The van der Waals surface area contributed by atoms with E-state index in [1.54, 1.807) is 31.2 Å². The highest BCUT2D eigenvalue weighted by Gasteiger charge is 2.29. The zero-order valence-electron chi connectivity index (χ0n) is 20.7. The molecule has 0 aliphatic carbocycles. The molecule has 0 radical (unpaired) electrons. The number of nitriles is 1. The second kappa shape index (κ2) is 13.0. The van der Waals surface area contributed by atoms with E-state index in [2.05, 4.69) is 16.3 Å². The molecule has 1 heterocycles. The van der Waals surface area contributed by atoms with Gasteiger partial charge in [-0.25, -0.2) is 9.18 Å². The highest BCUT2D eigenvalue weighted by molar-refractivity contribution is 5.81. The first-order valence-corrected chi connectivity index (χ1v) is 12.2. The Morgan fingerprint density at radius 2 is 1.86 bits per heavy atom. The third-order valence-electron chi connectivity index (χ3n) is 5.80. The van der Waals surface area contributed by atoms with Crippen LogP contribution in [0.4, 0.5) is 10.1 Å². The van der Waals surface area contributed by atoms with E-state index in [1.165, 1.54) is 18.6 Å². The number of ether oxygens (including phenoxy) is 3. The quantitative estimate of drug-likeness (QED) is 0.447. The molecule has 3 rings (SSSR count). The van der Waals surface area contributed by atoms with Gasteiger partial charge in [0.25, 0.3) is 0 Å². The summed E-state index contributed by atoms with van der Waals surface area (Å²) >= 11 is 0. The van der Waals surface area contributed by atoms with Crippen molar-refractivity contribution in [2.75, 3.05) is 38.2 Å². The van der Waals surface area contributed by atoms with Crippen molar-refractivity contribution in [3.8, 4) is 17.6 Å². The summed E-state index contributed by atoms with van der Waals surface area (Å²) in [7, 11) is 0. The van der Waals surface area contributed by atoms with Crippen LogP contribution in [0.15, 0.2) is 36.4 Å². The number of anilines is 1. The van der Waals surface area contributed by atoms with Crippen LogP contribution in [0, 0.1) is 17.1 Å². The first-order valence-electron chi connectivity index (χ1n) is 12.2. The van der Waals surface area contributed by atoms with Crippen LogP contribution >= 0.6 is 0 Å². The maximum atomic E-state index is 15.8. The molecule has 1 fully saturated rings. The van der Waals surface area contributed by atoms with E-state index in [1.807, 2.05) is 13.8 Å². The fraction of sp³-hybridized carbons (Fsp3) is 0.481. The minimum atomic E-state index is -1.14. The number of piperidine rings is 1. The number of hydrogen-bond acceptors (Lipinski definition) is 7. The summed E-state index contributed by atoms with van der Waals surface area (Å²) in [6.07, 6.45) is 3.31. The maximum Gasteiger partial charge on any atom is 0.333 e. The van der Waals surface area contributed by atoms with Crippen molar-refractivity contribution in [1.82, 2.24) is 4.90 Å². The number of benzene rings is 2. The number of carbonyl (C=O) groups is 1. The summed E-state index contributed by atoms with van der Waals surface area (Å²) in [5.41, 5.74) is 1.09. The first-order chi connectivity index (χ1) is 16.9. The molecule has 0 amide bonds. The third-order valence-corrected chi connectivity index (χ3v) is 5.80. The van der Waals surface area contributed by atoms with E-state index in [-0.39, 0.29) is 24.0 Å². The van der Waals surface area contributed by atoms with Gasteiger partial charge in [-0.1, -0.05) is 6.42 Å². The van der Waals surface area contributed by atoms with Gasteiger partial charge in [-0.2, -0.15) is 5.26 Å². The van der Waals surface area contributed by atoms with Gasteiger partial charge in [-0.3, -0.25) is 4.90 Å². The molecule has 35 heavy (non-hydrogen) atoms. The summed E-state index contributed by atoms with van der Waals surface area (Å²) in [5.74, 6) is -0.832. The number of hydrogen-bond donors (Lipinski definition) is 1.